The third-order valence-electron chi connectivity index (χ3n) is 2.05. The van der Waals surface area contributed by atoms with E-state index < -0.39 is 0 Å². The van der Waals surface area contributed by atoms with Crippen LogP contribution in [0.25, 0.3) is 10.8 Å². The maximum absolute atomic E-state index is 11.6. The van der Waals surface area contributed by atoms with Gasteiger partial charge in [-0.15, -0.1) is 0 Å². The molecule has 0 bridgehead atoms. The smallest absolute Gasteiger partial charge is 0.267 e. The van der Waals surface area contributed by atoms with Crippen molar-refractivity contribution in [3.8, 4) is 0 Å². The average Bonchev–Trinajstić information content (AvgIpc) is 2.14. The van der Waals surface area contributed by atoms with Crippen LogP contribution in [-0.4, -0.2) is 9.78 Å². The minimum atomic E-state index is -0.315. The Kier molecular flexibility index (Phi) is 1.93. The van der Waals surface area contributed by atoms with Gasteiger partial charge in [-0.3, -0.25) is 19.4 Å². The van der Waals surface area contributed by atoms with Crippen LogP contribution in [0.15, 0.2) is 27.8 Å². The third-order valence-corrected chi connectivity index (χ3v) is 2.36. The van der Waals surface area contributed by atoms with Crippen LogP contribution in [0.3, 0.4) is 0 Å². The Morgan fingerprint density at radius 1 is 1.36 bits per heavy atom. The number of fused-ring (bicyclic) bond motifs is 1. The molecule has 72 valence electrons. The lowest BCUT2D eigenvalue weighted by Crippen LogP contribution is -2.27. The van der Waals surface area contributed by atoms with Crippen molar-refractivity contribution in [3.63, 3.8) is 0 Å². The number of nitrogens with one attached hydrogen (secondary N) is 1. The molecule has 0 atom stereocenters. The van der Waals surface area contributed by atoms with Crippen LogP contribution < -0.4 is 11.1 Å². The van der Waals surface area contributed by atoms with Crippen molar-refractivity contribution in [1.82, 2.24) is 9.78 Å². The molecule has 2 rings (SSSR count). The normalized spacial score (nSPS) is 10.7. The minimum Gasteiger partial charge on any atom is -0.267 e. The second-order valence-electron chi connectivity index (χ2n) is 2.97. The molecule has 0 aliphatic rings. The van der Waals surface area contributed by atoms with E-state index in [4.69, 9.17) is 11.6 Å². The largest absolute Gasteiger partial charge is 0.274 e. The summed E-state index contributed by atoms with van der Waals surface area (Å²) in [6.07, 6.45) is 0. The fourth-order valence-electron chi connectivity index (χ4n) is 1.36. The van der Waals surface area contributed by atoms with Gasteiger partial charge in [-0.05, 0) is 12.1 Å². The number of aromatic amines is 1. The predicted octanol–water partition coefficient (Wildman–Crippen LogP) is 0.880. The van der Waals surface area contributed by atoms with Crippen LogP contribution in [0.5, 0.6) is 0 Å². The molecule has 0 saturated heterocycles. The van der Waals surface area contributed by atoms with Crippen LogP contribution in [0.4, 0.5) is 0 Å². The summed E-state index contributed by atoms with van der Waals surface area (Å²) in [4.78, 5) is 23.0. The minimum absolute atomic E-state index is 0.264. The molecule has 1 heterocycles. The monoisotopic (exact) mass is 210 g/mol. The highest BCUT2D eigenvalue weighted by atomic mass is 35.5. The van der Waals surface area contributed by atoms with Gasteiger partial charge in [0.15, 0.2) is 0 Å². The van der Waals surface area contributed by atoms with Crippen LogP contribution in [0, 0.1) is 0 Å². The van der Waals surface area contributed by atoms with Crippen LogP contribution in [0.2, 0.25) is 5.02 Å². The molecule has 5 heteroatoms. The van der Waals surface area contributed by atoms with Crippen LogP contribution in [-0.2, 0) is 7.05 Å². The first kappa shape index (κ1) is 9.02. The molecular formula is C9H7ClN2O2. The first-order valence-electron chi connectivity index (χ1n) is 3.99. The highest BCUT2D eigenvalue weighted by Gasteiger charge is 2.07. The molecule has 2 aromatic rings. The second kappa shape index (κ2) is 2.99. The third kappa shape index (κ3) is 1.15. The van der Waals surface area contributed by atoms with Crippen molar-refractivity contribution in [2.24, 2.45) is 7.05 Å². The SMILES string of the molecule is Cn1[nH]c(=O)c2cccc(Cl)c2c1=O. The molecule has 0 saturated carbocycles. The van der Waals surface area contributed by atoms with Crippen molar-refractivity contribution < 1.29 is 0 Å². The quantitative estimate of drug-likeness (QED) is 0.702. The maximum atomic E-state index is 11.6. The number of nitrogens with zero attached hydrogens (tertiary/aromatic N) is 1. The Labute approximate surface area is 83.7 Å². The molecule has 0 spiro atoms. The van der Waals surface area contributed by atoms with E-state index in [1.807, 2.05) is 0 Å². The van der Waals surface area contributed by atoms with E-state index in [0.717, 1.165) is 4.68 Å². The van der Waals surface area contributed by atoms with E-state index in [2.05, 4.69) is 5.10 Å². The Hall–Kier alpha value is -1.55. The summed E-state index contributed by atoms with van der Waals surface area (Å²) in [6.45, 7) is 0. The molecular weight excluding hydrogens is 204 g/mol. The van der Waals surface area contributed by atoms with Crippen molar-refractivity contribution in [1.29, 1.82) is 0 Å². The highest BCUT2D eigenvalue weighted by Crippen LogP contribution is 2.16. The molecule has 0 radical (unpaired) electrons. The number of rotatable bonds is 0. The van der Waals surface area contributed by atoms with E-state index in [0.29, 0.717) is 10.4 Å². The number of hydrogen-bond donors (Lipinski definition) is 1. The van der Waals surface area contributed by atoms with Crippen molar-refractivity contribution >= 4 is 22.4 Å². The van der Waals surface area contributed by atoms with Gasteiger partial charge in [-0.2, -0.15) is 0 Å². The zero-order chi connectivity index (χ0) is 10.3. The summed E-state index contributed by atoms with van der Waals surface area (Å²) < 4.78 is 1.12. The molecule has 0 unspecified atom stereocenters. The van der Waals surface area contributed by atoms with E-state index >= 15 is 0 Å². The summed E-state index contributed by atoms with van der Waals surface area (Å²) in [6, 6.07) is 4.80. The number of halogens is 1. The molecule has 0 aliphatic heterocycles. The number of hydrogen-bond acceptors (Lipinski definition) is 2. The topological polar surface area (TPSA) is 54.9 Å². The predicted molar refractivity (Wildman–Crippen MR) is 54.8 cm³/mol. The molecule has 4 nitrogen and oxygen atoms in total. The van der Waals surface area contributed by atoms with Gasteiger partial charge in [-0.1, -0.05) is 17.7 Å². The summed E-state index contributed by atoms with van der Waals surface area (Å²) >= 11 is 5.84. The van der Waals surface area contributed by atoms with Gasteiger partial charge < -0.3 is 0 Å². The molecule has 0 aliphatic carbocycles. The standard InChI is InChI=1S/C9H7ClN2O2/c1-12-9(14)7-5(8(13)11-12)3-2-4-6(7)10/h2-4H,1H3,(H,11,13). The summed E-state index contributed by atoms with van der Waals surface area (Å²) in [7, 11) is 1.48. The summed E-state index contributed by atoms with van der Waals surface area (Å²) in [5, 5.41) is 3.28. The molecule has 0 fully saturated rings. The lowest BCUT2D eigenvalue weighted by atomic mass is 10.2. The maximum Gasteiger partial charge on any atom is 0.274 e. The first-order chi connectivity index (χ1) is 6.61. The van der Waals surface area contributed by atoms with Gasteiger partial charge in [0.25, 0.3) is 11.1 Å². The van der Waals surface area contributed by atoms with E-state index in [-0.39, 0.29) is 16.5 Å². The lowest BCUT2D eigenvalue weighted by Gasteiger charge is -2.01. The van der Waals surface area contributed by atoms with Gasteiger partial charge in [0.05, 0.1) is 15.8 Å². The van der Waals surface area contributed by atoms with E-state index in [9.17, 15) is 9.59 Å². The Morgan fingerprint density at radius 3 is 2.79 bits per heavy atom. The van der Waals surface area contributed by atoms with Crippen molar-refractivity contribution in [2.45, 2.75) is 0 Å². The van der Waals surface area contributed by atoms with Crippen LogP contribution >= 0.6 is 11.6 Å². The Balaban J connectivity index is 3.20. The van der Waals surface area contributed by atoms with E-state index in [1.165, 1.54) is 7.05 Å². The van der Waals surface area contributed by atoms with Crippen molar-refractivity contribution in [3.05, 3.63) is 43.9 Å². The zero-order valence-electron chi connectivity index (χ0n) is 7.37. The Bertz CT molecular complexity index is 612. The number of aromatic nitrogens is 2. The average molecular weight is 211 g/mol. The van der Waals surface area contributed by atoms with Gasteiger partial charge in [0, 0.05) is 7.05 Å². The first-order valence-corrected chi connectivity index (χ1v) is 4.36. The summed E-state index contributed by atoms with van der Waals surface area (Å²) in [5.74, 6) is 0. The highest BCUT2D eigenvalue weighted by molar-refractivity contribution is 6.35. The lowest BCUT2D eigenvalue weighted by molar-refractivity contribution is 0.704. The zero-order valence-corrected chi connectivity index (χ0v) is 8.13. The molecule has 0 amide bonds. The van der Waals surface area contributed by atoms with E-state index in [1.54, 1.807) is 18.2 Å². The van der Waals surface area contributed by atoms with Gasteiger partial charge >= 0.3 is 0 Å². The molecule has 1 aromatic heterocycles. The van der Waals surface area contributed by atoms with Crippen molar-refractivity contribution in [2.75, 3.05) is 0 Å². The van der Waals surface area contributed by atoms with Gasteiger partial charge in [0.2, 0.25) is 0 Å². The summed E-state index contributed by atoms with van der Waals surface area (Å²) in [5.41, 5.74) is -0.616. The molecule has 1 N–H and O–H groups in total. The Morgan fingerprint density at radius 2 is 2.07 bits per heavy atom. The second-order valence-corrected chi connectivity index (χ2v) is 3.37. The number of benzene rings is 1. The fraction of sp³-hybridized carbons (Fsp3) is 0.111. The number of H-pyrrole nitrogens is 1. The number of aryl methyl sites for hydroxylation is 1. The van der Waals surface area contributed by atoms with Crippen LogP contribution in [0.1, 0.15) is 0 Å². The molecule has 14 heavy (non-hydrogen) atoms. The molecule has 1 aromatic carbocycles. The van der Waals surface area contributed by atoms with Gasteiger partial charge in [-0.25, -0.2) is 0 Å². The fourth-order valence-corrected chi connectivity index (χ4v) is 1.62. The van der Waals surface area contributed by atoms with Gasteiger partial charge in [0.1, 0.15) is 0 Å².